The van der Waals surface area contributed by atoms with Gasteiger partial charge in [0, 0.05) is 12.8 Å². The molecule has 0 aromatic heterocycles. The Morgan fingerprint density at radius 2 is 1.89 bits per heavy atom. The fourth-order valence-electron chi connectivity index (χ4n) is 3.12. The maximum Gasteiger partial charge on any atom is 0.155 e. The van der Waals surface area contributed by atoms with Crippen molar-refractivity contribution in [1.82, 2.24) is 0 Å². The van der Waals surface area contributed by atoms with E-state index in [9.17, 15) is 15.3 Å². The molecule has 3 N–H and O–H groups in total. The molecule has 1 aliphatic carbocycles. The van der Waals surface area contributed by atoms with Gasteiger partial charge in [0.05, 0.1) is 18.3 Å². The highest BCUT2D eigenvalue weighted by Gasteiger charge is 2.48. The van der Waals surface area contributed by atoms with Crippen molar-refractivity contribution in [2.75, 3.05) is 0 Å². The van der Waals surface area contributed by atoms with E-state index < -0.39 is 6.29 Å². The van der Waals surface area contributed by atoms with Gasteiger partial charge in [-0.3, -0.25) is 0 Å². The highest BCUT2D eigenvalue weighted by atomic mass is 16.6. The molecule has 1 saturated heterocycles. The van der Waals surface area contributed by atoms with Gasteiger partial charge >= 0.3 is 0 Å². The van der Waals surface area contributed by atoms with Crippen LogP contribution in [-0.4, -0.2) is 39.9 Å². The Kier molecular flexibility index (Phi) is 6.57. The van der Waals surface area contributed by atoms with Crippen molar-refractivity contribution in [1.29, 1.82) is 0 Å². The summed E-state index contributed by atoms with van der Waals surface area (Å²) in [5.74, 6) is 0.456. The summed E-state index contributed by atoms with van der Waals surface area (Å²) < 4.78 is 5.35. The lowest BCUT2D eigenvalue weighted by atomic mass is 9.87. The van der Waals surface area contributed by atoms with Gasteiger partial charge in [-0.25, -0.2) is 0 Å². The Morgan fingerprint density at radius 1 is 1.22 bits per heavy atom. The van der Waals surface area contributed by atoms with Crippen LogP contribution in [0, 0.1) is 11.8 Å². The molecule has 0 radical (unpaired) electrons. The molecule has 1 heterocycles. The summed E-state index contributed by atoms with van der Waals surface area (Å²) in [6.45, 7) is 5.96. The molecule has 4 heteroatoms. The van der Waals surface area contributed by atoms with Crippen LogP contribution in [0.5, 0.6) is 0 Å². The predicted octanol–water partition coefficient (Wildman–Crippen LogP) is 1.67. The van der Waals surface area contributed by atoms with Crippen LogP contribution in [-0.2, 0) is 4.74 Å². The quantitative estimate of drug-likeness (QED) is 0.719. The normalized spacial score (nSPS) is 40.0. The van der Waals surface area contributed by atoms with Gasteiger partial charge < -0.3 is 20.1 Å². The highest BCUT2D eigenvalue weighted by Crippen LogP contribution is 2.44. The molecule has 1 aliphatic heterocycles. The molecular formula is C14H28O4. The van der Waals surface area contributed by atoms with E-state index in [1.54, 1.807) is 0 Å². The fourth-order valence-corrected chi connectivity index (χ4v) is 3.12. The number of aliphatic hydroxyl groups excluding tert-OH is 3. The van der Waals surface area contributed by atoms with Gasteiger partial charge in [-0.05, 0) is 31.1 Å². The topological polar surface area (TPSA) is 69.9 Å². The first kappa shape index (κ1) is 15.9. The molecule has 6 atom stereocenters. The van der Waals surface area contributed by atoms with Crippen LogP contribution in [0.4, 0.5) is 0 Å². The van der Waals surface area contributed by atoms with Crippen molar-refractivity contribution in [3.63, 3.8) is 0 Å². The first-order valence-corrected chi connectivity index (χ1v) is 7.31. The zero-order valence-corrected chi connectivity index (χ0v) is 11.7. The second-order valence-electron chi connectivity index (χ2n) is 5.14. The molecule has 108 valence electrons. The summed E-state index contributed by atoms with van der Waals surface area (Å²) in [6.07, 6.45) is 2.37. The number of aliphatic hydroxyl groups is 3. The second-order valence-corrected chi connectivity index (χ2v) is 5.14. The SMILES string of the molecule is CC.CC[C@H](O)CC[C@@H]1[C@H]2C[C@@H](O)O[C@H]2C[C@H]1O. The molecule has 0 amide bonds. The lowest BCUT2D eigenvalue weighted by Crippen LogP contribution is -2.22. The average molecular weight is 260 g/mol. The molecule has 0 unspecified atom stereocenters. The summed E-state index contributed by atoms with van der Waals surface area (Å²) in [5, 5.41) is 28.9. The van der Waals surface area contributed by atoms with Gasteiger partial charge in [0.15, 0.2) is 6.29 Å². The molecule has 18 heavy (non-hydrogen) atoms. The van der Waals surface area contributed by atoms with Crippen molar-refractivity contribution >= 4 is 0 Å². The van der Waals surface area contributed by atoms with E-state index in [0.717, 1.165) is 19.3 Å². The highest BCUT2D eigenvalue weighted by molar-refractivity contribution is 4.95. The summed E-state index contributed by atoms with van der Waals surface area (Å²) in [7, 11) is 0. The molecular weight excluding hydrogens is 232 g/mol. The van der Waals surface area contributed by atoms with E-state index in [2.05, 4.69) is 0 Å². The van der Waals surface area contributed by atoms with Crippen molar-refractivity contribution in [3.05, 3.63) is 0 Å². The maximum atomic E-state index is 9.92. The molecule has 2 rings (SSSR count). The van der Waals surface area contributed by atoms with Crippen molar-refractivity contribution in [2.24, 2.45) is 11.8 Å². The second kappa shape index (κ2) is 7.43. The van der Waals surface area contributed by atoms with Crippen molar-refractivity contribution < 1.29 is 20.1 Å². The summed E-state index contributed by atoms with van der Waals surface area (Å²) in [4.78, 5) is 0. The molecule has 0 spiro atoms. The van der Waals surface area contributed by atoms with Crippen LogP contribution < -0.4 is 0 Å². The minimum absolute atomic E-state index is 0.0220. The van der Waals surface area contributed by atoms with Gasteiger partial charge in [-0.15, -0.1) is 0 Å². The molecule has 0 aromatic rings. The third-order valence-electron chi connectivity index (χ3n) is 4.11. The van der Waals surface area contributed by atoms with Crippen molar-refractivity contribution in [2.45, 2.75) is 77.5 Å². The Balaban J connectivity index is 0.000000771. The van der Waals surface area contributed by atoms with Gasteiger partial charge in [0.2, 0.25) is 0 Å². The minimum atomic E-state index is -0.652. The summed E-state index contributed by atoms with van der Waals surface area (Å²) in [5.41, 5.74) is 0. The number of fused-ring (bicyclic) bond motifs is 1. The van der Waals surface area contributed by atoms with Crippen LogP contribution >= 0.6 is 0 Å². The van der Waals surface area contributed by atoms with E-state index in [4.69, 9.17) is 4.74 Å². The van der Waals surface area contributed by atoms with Gasteiger partial charge in [-0.2, -0.15) is 0 Å². The summed E-state index contributed by atoms with van der Waals surface area (Å²) in [6, 6.07) is 0. The standard InChI is InChI=1S/C12H22O4.C2H6/c1-2-7(13)3-4-8-9-5-12(15)16-11(9)6-10(8)14;1-2/h7-15H,2-6H2,1H3;1-2H3/t7-,8+,9+,10+,11-,12-;/m0./s1. The van der Waals surface area contributed by atoms with Gasteiger partial charge in [0.1, 0.15) is 0 Å². The third kappa shape index (κ3) is 3.67. The van der Waals surface area contributed by atoms with E-state index in [-0.39, 0.29) is 30.1 Å². The monoisotopic (exact) mass is 260 g/mol. The van der Waals surface area contributed by atoms with Crippen LogP contribution in [0.15, 0.2) is 0 Å². The van der Waals surface area contributed by atoms with E-state index in [1.807, 2.05) is 20.8 Å². The van der Waals surface area contributed by atoms with E-state index >= 15 is 0 Å². The zero-order chi connectivity index (χ0) is 13.7. The smallest absolute Gasteiger partial charge is 0.155 e. The molecule has 2 aliphatic rings. The average Bonchev–Trinajstić information content (AvgIpc) is 2.84. The molecule has 4 nitrogen and oxygen atoms in total. The minimum Gasteiger partial charge on any atom is -0.393 e. The Bertz CT molecular complexity index is 234. The number of hydrogen-bond donors (Lipinski definition) is 3. The summed E-state index contributed by atoms with van der Waals surface area (Å²) >= 11 is 0. The number of rotatable bonds is 4. The Hall–Kier alpha value is -0.160. The number of hydrogen-bond acceptors (Lipinski definition) is 4. The van der Waals surface area contributed by atoms with Crippen LogP contribution in [0.3, 0.4) is 0 Å². The van der Waals surface area contributed by atoms with Crippen molar-refractivity contribution in [3.8, 4) is 0 Å². The molecule has 2 fully saturated rings. The first-order valence-electron chi connectivity index (χ1n) is 7.31. The largest absolute Gasteiger partial charge is 0.393 e. The molecule has 0 aromatic carbocycles. The fraction of sp³-hybridized carbons (Fsp3) is 1.00. The Labute approximate surface area is 110 Å². The lowest BCUT2D eigenvalue weighted by Gasteiger charge is -2.21. The van der Waals surface area contributed by atoms with Gasteiger partial charge in [-0.1, -0.05) is 20.8 Å². The van der Waals surface area contributed by atoms with Crippen LogP contribution in [0.25, 0.3) is 0 Å². The number of ether oxygens (including phenoxy) is 1. The third-order valence-corrected chi connectivity index (χ3v) is 4.11. The Morgan fingerprint density at radius 3 is 2.50 bits per heavy atom. The predicted molar refractivity (Wildman–Crippen MR) is 70.0 cm³/mol. The first-order chi connectivity index (χ1) is 8.61. The molecule has 0 bridgehead atoms. The van der Waals surface area contributed by atoms with Crippen LogP contribution in [0.2, 0.25) is 0 Å². The zero-order valence-electron chi connectivity index (χ0n) is 11.7. The molecule has 1 saturated carbocycles. The van der Waals surface area contributed by atoms with Crippen LogP contribution in [0.1, 0.15) is 52.9 Å². The maximum absolute atomic E-state index is 9.92. The lowest BCUT2D eigenvalue weighted by molar-refractivity contribution is -0.0951. The van der Waals surface area contributed by atoms with E-state index in [0.29, 0.717) is 12.8 Å². The van der Waals surface area contributed by atoms with E-state index in [1.165, 1.54) is 0 Å². The van der Waals surface area contributed by atoms with Gasteiger partial charge in [0.25, 0.3) is 0 Å².